The molecule has 1 aromatic carbocycles. The molecule has 142 valence electrons. The molecule has 0 unspecified atom stereocenters. The van der Waals surface area contributed by atoms with Gasteiger partial charge in [0, 0.05) is 31.2 Å². The molecule has 2 rings (SSSR count). The van der Waals surface area contributed by atoms with E-state index in [4.69, 9.17) is 0 Å². The number of sulfonamides is 1. The topological polar surface area (TPSA) is 69.7 Å². The summed E-state index contributed by atoms with van der Waals surface area (Å²) in [5.74, 6) is -0.180. The molecule has 0 aliphatic rings. The number of nitrogens with zero attached hydrogens (tertiary/aromatic N) is 2. The third-order valence-electron chi connectivity index (χ3n) is 4.28. The number of thiophene rings is 1. The zero-order chi connectivity index (χ0) is 19.5. The molecule has 0 aliphatic heterocycles. The minimum Gasteiger partial charge on any atom is -0.325 e. The van der Waals surface area contributed by atoms with Crippen molar-refractivity contribution in [3.05, 3.63) is 46.2 Å². The second kappa shape index (κ2) is 8.30. The summed E-state index contributed by atoms with van der Waals surface area (Å²) in [6.45, 7) is 4.58. The molecule has 0 aliphatic carbocycles. The van der Waals surface area contributed by atoms with Crippen molar-refractivity contribution in [1.82, 2.24) is 9.21 Å². The minimum absolute atomic E-state index is 0.149. The van der Waals surface area contributed by atoms with Gasteiger partial charge in [-0.3, -0.25) is 9.69 Å². The predicted molar refractivity (Wildman–Crippen MR) is 106 cm³/mol. The van der Waals surface area contributed by atoms with E-state index in [2.05, 4.69) is 18.3 Å². The Kier molecular flexibility index (Phi) is 6.57. The summed E-state index contributed by atoms with van der Waals surface area (Å²) in [6, 6.07) is 8.00. The van der Waals surface area contributed by atoms with Gasteiger partial charge in [-0.05, 0) is 56.1 Å². The van der Waals surface area contributed by atoms with Crippen LogP contribution in [0.4, 0.5) is 5.69 Å². The van der Waals surface area contributed by atoms with E-state index in [1.807, 2.05) is 24.3 Å². The van der Waals surface area contributed by atoms with Gasteiger partial charge in [-0.25, -0.2) is 12.7 Å². The molecular weight excluding hydrogens is 370 g/mol. The lowest BCUT2D eigenvalue weighted by Crippen LogP contribution is -2.39. The van der Waals surface area contributed by atoms with Gasteiger partial charge in [0.1, 0.15) is 0 Å². The minimum atomic E-state index is -3.54. The SMILES string of the molecule is Cc1ccsc1CN(C)[C@@H](C)C(=O)Nc1cccc(S(=O)(=O)N(C)C)c1. The van der Waals surface area contributed by atoms with Crippen molar-refractivity contribution < 1.29 is 13.2 Å². The number of hydrogen-bond donors (Lipinski definition) is 1. The molecule has 6 nitrogen and oxygen atoms in total. The summed E-state index contributed by atoms with van der Waals surface area (Å²) in [5.41, 5.74) is 1.68. The Morgan fingerprint density at radius 1 is 1.23 bits per heavy atom. The van der Waals surface area contributed by atoms with Gasteiger partial charge in [0.2, 0.25) is 15.9 Å². The van der Waals surface area contributed by atoms with E-state index in [1.54, 1.807) is 23.5 Å². The van der Waals surface area contributed by atoms with Crippen molar-refractivity contribution in [1.29, 1.82) is 0 Å². The lowest BCUT2D eigenvalue weighted by atomic mass is 10.2. The van der Waals surface area contributed by atoms with E-state index in [-0.39, 0.29) is 16.8 Å². The van der Waals surface area contributed by atoms with Crippen molar-refractivity contribution in [2.75, 3.05) is 26.5 Å². The van der Waals surface area contributed by atoms with E-state index in [0.717, 1.165) is 4.31 Å². The zero-order valence-electron chi connectivity index (χ0n) is 15.7. The molecule has 0 saturated carbocycles. The lowest BCUT2D eigenvalue weighted by Gasteiger charge is -2.24. The van der Waals surface area contributed by atoms with Crippen LogP contribution in [0.25, 0.3) is 0 Å². The lowest BCUT2D eigenvalue weighted by molar-refractivity contribution is -0.120. The zero-order valence-corrected chi connectivity index (χ0v) is 17.3. The Morgan fingerprint density at radius 3 is 2.50 bits per heavy atom. The van der Waals surface area contributed by atoms with E-state index >= 15 is 0 Å². The quantitative estimate of drug-likeness (QED) is 0.783. The Balaban J connectivity index is 2.08. The summed E-state index contributed by atoms with van der Waals surface area (Å²) >= 11 is 1.67. The molecule has 0 radical (unpaired) electrons. The third-order valence-corrected chi connectivity index (χ3v) is 7.10. The third kappa shape index (κ3) is 4.70. The molecule has 2 aromatic rings. The van der Waals surface area contributed by atoms with Crippen LogP contribution in [0, 0.1) is 6.92 Å². The standard InChI is InChI=1S/C18H25N3O3S2/c1-13-9-10-25-17(13)12-21(5)14(2)18(22)19-15-7-6-8-16(11-15)26(23,24)20(3)4/h6-11,14H,12H2,1-5H3,(H,19,22)/t14-/m0/s1. The first-order valence-corrected chi connectivity index (χ1v) is 10.5. The van der Waals surface area contributed by atoms with E-state index < -0.39 is 10.0 Å². The highest BCUT2D eigenvalue weighted by Crippen LogP contribution is 2.20. The molecular formula is C18H25N3O3S2. The molecule has 0 spiro atoms. The van der Waals surface area contributed by atoms with Crippen LogP contribution in [0.5, 0.6) is 0 Å². The van der Waals surface area contributed by atoms with Crippen LogP contribution >= 0.6 is 11.3 Å². The van der Waals surface area contributed by atoms with Crippen molar-refractivity contribution in [3.8, 4) is 0 Å². The summed E-state index contributed by atoms with van der Waals surface area (Å²) in [6.07, 6.45) is 0. The molecule has 1 heterocycles. The molecule has 0 saturated heterocycles. The number of carbonyl (C=O) groups excluding carboxylic acids is 1. The van der Waals surface area contributed by atoms with E-state index in [1.165, 1.54) is 36.7 Å². The van der Waals surface area contributed by atoms with Crippen LogP contribution in [-0.4, -0.2) is 50.7 Å². The number of rotatable bonds is 7. The highest BCUT2D eigenvalue weighted by atomic mass is 32.2. The number of anilines is 1. The number of likely N-dealkylation sites (N-methyl/N-ethyl adjacent to an activating group) is 1. The Morgan fingerprint density at radius 2 is 1.92 bits per heavy atom. The van der Waals surface area contributed by atoms with Crippen LogP contribution in [0.2, 0.25) is 0 Å². The maximum Gasteiger partial charge on any atom is 0.242 e. The molecule has 1 amide bonds. The number of aryl methyl sites for hydroxylation is 1. The Hall–Kier alpha value is -1.74. The number of nitrogens with one attached hydrogen (secondary N) is 1. The van der Waals surface area contributed by atoms with Crippen LogP contribution in [0.15, 0.2) is 40.6 Å². The highest BCUT2D eigenvalue weighted by Gasteiger charge is 2.21. The number of benzene rings is 1. The Labute approximate surface area is 159 Å². The maximum absolute atomic E-state index is 12.6. The summed E-state index contributed by atoms with van der Waals surface area (Å²) in [4.78, 5) is 15.9. The molecule has 0 fully saturated rings. The summed E-state index contributed by atoms with van der Waals surface area (Å²) in [7, 11) is 1.31. The largest absolute Gasteiger partial charge is 0.325 e. The van der Waals surface area contributed by atoms with Gasteiger partial charge in [0.05, 0.1) is 10.9 Å². The number of carbonyl (C=O) groups is 1. The maximum atomic E-state index is 12.6. The molecule has 8 heteroatoms. The average molecular weight is 396 g/mol. The number of amides is 1. The monoisotopic (exact) mass is 395 g/mol. The Bertz CT molecular complexity index is 875. The fraction of sp³-hybridized carbons (Fsp3) is 0.389. The van der Waals surface area contributed by atoms with Gasteiger partial charge < -0.3 is 5.32 Å². The van der Waals surface area contributed by atoms with Gasteiger partial charge in [0.25, 0.3) is 0 Å². The van der Waals surface area contributed by atoms with Crippen LogP contribution in [0.1, 0.15) is 17.4 Å². The number of hydrogen-bond acceptors (Lipinski definition) is 5. The normalized spacial score (nSPS) is 13.2. The fourth-order valence-corrected chi connectivity index (χ4v) is 4.24. The smallest absolute Gasteiger partial charge is 0.242 e. The van der Waals surface area contributed by atoms with Gasteiger partial charge in [-0.2, -0.15) is 0 Å². The first-order valence-electron chi connectivity index (χ1n) is 8.19. The van der Waals surface area contributed by atoms with Crippen molar-refractivity contribution in [3.63, 3.8) is 0 Å². The average Bonchev–Trinajstić information content (AvgIpc) is 2.99. The van der Waals surface area contributed by atoms with Crippen molar-refractivity contribution >= 4 is 33.0 Å². The second-order valence-corrected chi connectivity index (χ2v) is 9.57. The van der Waals surface area contributed by atoms with Gasteiger partial charge >= 0.3 is 0 Å². The van der Waals surface area contributed by atoms with E-state index in [0.29, 0.717) is 12.2 Å². The molecule has 1 aromatic heterocycles. The van der Waals surface area contributed by atoms with Crippen LogP contribution in [0.3, 0.4) is 0 Å². The molecule has 26 heavy (non-hydrogen) atoms. The first-order chi connectivity index (χ1) is 12.1. The molecule has 0 bridgehead atoms. The van der Waals surface area contributed by atoms with Crippen molar-refractivity contribution in [2.45, 2.75) is 31.3 Å². The predicted octanol–water partition coefficient (Wildman–Crippen LogP) is 2.77. The first kappa shape index (κ1) is 20.6. The van der Waals surface area contributed by atoms with E-state index in [9.17, 15) is 13.2 Å². The molecule has 1 N–H and O–H groups in total. The van der Waals surface area contributed by atoms with Crippen molar-refractivity contribution in [2.24, 2.45) is 0 Å². The van der Waals surface area contributed by atoms with Crippen LogP contribution < -0.4 is 5.32 Å². The van der Waals surface area contributed by atoms with Gasteiger partial charge in [-0.1, -0.05) is 6.07 Å². The highest BCUT2D eigenvalue weighted by molar-refractivity contribution is 7.89. The van der Waals surface area contributed by atoms with Gasteiger partial charge in [0.15, 0.2) is 0 Å². The summed E-state index contributed by atoms with van der Waals surface area (Å²) in [5, 5.41) is 4.85. The van der Waals surface area contributed by atoms with Crippen LogP contribution in [-0.2, 0) is 21.4 Å². The fourth-order valence-electron chi connectivity index (χ4n) is 2.32. The second-order valence-electron chi connectivity index (χ2n) is 6.42. The molecule has 1 atom stereocenters. The summed E-state index contributed by atoms with van der Waals surface area (Å²) < 4.78 is 25.6. The van der Waals surface area contributed by atoms with Gasteiger partial charge in [-0.15, -0.1) is 11.3 Å².